The van der Waals surface area contributed by atoms with E-state index >= 15 is 0 Å². The third kappa shape index (κ3) is 5.34. The molecule has 0 saturated heterocycles. The topological polar surface area (TPSA) is 67.4 Å². The molecule has 2 amide bonds. The maximum absolute atomic E-state index is 12.4. The molecule has 26 heavy (non-hydrogen) atoms. The van der Waals surface area contributed by atoms with Gasteiger partial charge in [0.1, 0.15) is 5.75 Å². The fraction of sp³-hybridized carbons (Fsp3) is 0.333. The summed E-state index contributed by atoms with van der Waals surface area (Å²) in [4.78, 5) is 23.5. The van der Waals surface area contributed by atoms with Crippen LogP contribution in [0, 0.1) is 6.92 Å². The van der Waals surface area contributed by atoms with E-state index in [0.29, 0.717) is 17.3 Å². The van der Waals surface area contributed by atoms with Crippen LogP contribution in [-0.4, -0.2) is 17.9 Å². The molecule has 138 valence electrons. The van der Waals surface area contributed by atoms with Crippen molar-refractivity contribution in [3.05, 3.63) is 53.6 Å². The first-order valence-electron chi connectivity index (χ1n) is 8.72. The molecule has 0 aliphatic carbocycles. The maximum Gasteiger partial charge on any atom is 0.265 e. The Morgan fingerprint density at radius 2 is 1.50 bits per heavy atom. The van der Waals surface area contributed by atoms with Gasteiger partial charge in [-0.2, -0.15) is 0 Å². The Morgan fingerprint density at radius 1 is 0.923 bits per heavy atom. The molecule has 0 heterocycles. The lowest BCUT2D eigenvalue weighted by Gasteiger charge is -2.19. The van der Waals surface area contributed by atoms with Crippen molar-refractivity contribution in [2.75, 3.05) is 10.6 Å². The minimum atomic E-state index is -0.635. The van der Waals surface area contributed by atoms with Crippen molar-refractivity contribution in [3.8, 4) is 5.75 Å². The van der Waals surface area contributed by atoms with Gasteiger partial charge < -0.3 is 15.4 Å². The van der Waals surface area contributed by atoms with Gasteiger partial charge in [0.15, 0.2) is 6.10 Å². The highest BCUT2D eigenvalue weighted by Crippen LogP contribution is 2.28. The van der Waals surface area contributed by atoms with Crippen molar-refractivity contribution in [3.63, 3.8) is 0 Å². The molecule has 0 aromatic heterocycles. The predicted molar refractivity (Wildman–Crippen MR) is 105 cm³/mol. The first-order chi connectivity index (χ1) is 12.3. The fourth-order valence-corrected chi connectivity index (χ4v) is 2.55. The average molecular weight is 354 g/mol. The normalized spacial score (nSPS) is 11.8. The lowest BCUT2D eigenvalue weighted by Crippen LogP contribution is -2.30. The molecule has 0 aliphatic heterocycles. The van der Waals surface area contributed by atoms with Gasteiger partial charge in [0, 0.05) is 18.3 Å². The molecular formula is C21H26N2O3. The lowest BCUT2D eigenvalue weighted by molar-refractivity contribution is -0.122. The standard InChI is InChI=1S/C21H26N2O3/c1-13(2)19-11-6-14(3)12-20(19)26-15(4)21(25)23-18-9-7-17(8-10-18)22-16(5)24/h6-13,15H,1-5H3,(H,22,24)(H,23,25). The molecule has 0 radical (unpaired) electrons. The SMILES string of the molecule is CC(=O)Nc1ccc(NC(=O)C(C)Oc2cc(C)ccc2C(C)C)cc1. The number of carbonyl (C=O) groups is 2. The van der Waals surface area contributed by atoms with Gasteiger partial charge in [-0.25, -0.2) is 0 Å². The van der Waals surface area contributed by atoms with Crippen LogP contribution in [-0.2, 0) is 9.59 Å². The molecule has 0 saturated carbocycles. The summed E-state index contributed by atoms with van der Waals surface area (Å²) in [6, 6.07) is 13.0. The van der Waals surface area contributed by atoms with Crippen LogP contribution in [0.3, 0.4) is 0 Å². The molecular weight excluding hydrogens is 328 g/mol. The van der Waals surface area contributed by atoms with Gasteiger partial charge >= 0.3 is 0 Å². The Hall–Kier alpha value is -2.82. The minimum absolute atomic E-state index is 0.136. The van der Waals surface area contributed by atoms with Crippen LogP contribution >= 0.6 is 0 Å². The van der Waals surface area contributed by atoms with Crippen LogP contribution in [0.1, 0.15) is 44.7 Å². The molecule has 1 unspecified atom stereocenters. The van der Waals surface area contributed by atoms with E-state index in [2.05, 4.69) is 24.5 Å². The van der Waals surface area contributed by atoms with Crippen molar-refractivity contribution in [2.24, 2.45) is 0 Å². The summed E-state index contributed by atoms with van der Waals surface area (Å²) in [6.45, 7) is 9.37. The second-order valence-corrected chi connectivity index (χ2v) is 6.70. The van der Waals surface area contributed by atoms with Crippen molar-refractivity contribution in [1.29, 1.82) is 0 Å². The number of amides is 2. The smallest absolute Gasteiger partial charge is 0.265 e. The van der Waals surface area contributed by atoms with E-state index in [1.165, 1.54) is 6.92 Å². The number of carbonyl (C=O) groups excluding carboxylic acids is 2. The van der Waals surface area contributed by atoms with Gasteiger partial charge in [0.2, 0.25) is 5.91 Å². The van der Waals surface area contributed by atoms with Gasteiger partial charge in [-0.1, -0.05) is 26.0 Å². The van der Waals surface area contributed by atoms with Crippen molar-refractivity contribution in [1.82, 2.24) is 0 Å². The Kier molecular flexibility index (Phi) is 6.39. The minimum Gasteiger partial charge on any atom is -0.481 e. The van der Waals surface area contributed by atoms with Crippen LogP contribution in [0.25, 0.3) is 0 Å². The van der Waals surface area contributed by atoms with E-state index in [9.17, 15) is 9.59 Å². The number of ether oxygens (including phenoxy) is 1. The highest BCUT2D eigenvalue weighted by atomic mass is 16.5. The van der Waals surface area contributed by atoms with Crippen LogP contribution < -0.4 is 15.4 Å². The zero-order valence-corrected chi connectivity index (χ0v) is 15.9. The van der Waals surface area contributed by atoms with Crippen LogP contribution in [0.4, 0.5) is 11.4 Å². The monoisotopic (exact) mass is 354 g/mol. The Morgan fingerprint density at radius 3 is 2.04 bits per heavy atom. The van der Waals surface area contributed by atoms with E-state index in [0.717, 1.165) is 16.9 Å². The van der Waals surface area contributed by atoms with Gasteiger partial charge in [-0.3, -0.25) is 9.59 Å². The lowest BCUT2D eigenvalue weighted by atomic mass is 10.0. The summed E-state index contributed by atoms with van der Waals surface area (Å²) in [5.74, 6) is 0.683. The number of hydrogen-bond donors (Lipinski definition) is 2. The maximum atomic E-state index is 12.4. The largest absolute Gasteiger partial charge is 0.481 e. The fourth-order valence-electron chi connectivity index (χ4n) is 2.55. The second kappa shape index (κ2) is 8.52. The highest BCUT2D eigenvalue weighted by Gasteiger charge is 2.18. The zero-order valence-electron chi connectivity index (χ0n) is 15.9. The number of nitrogens with one attached hydrogen (secondary N) is 2. The van der Waals surface area contributed by atoms with E-state index in [4.69, 9.17) is 4.74 Å². The Bertz CT molecular complexity index is 782. The van der Waals surface area contributed by atoms with Crippen molar-refractivity contribution in [2.45, 2.75) is 46.6 Å². The molecule has 1 atom stereocenters. The van der Waals surface area contributed by atoms with Crippen LogP contribution in [0.2, 0.25) is 0 Å². The van der Waals surface area contributed by atoms with E-state index in [-0.39, 0.29) is 11.8 Å². The van der Waals surface area contributed by atoms with E-state index in [1.54, 1.807) is 31.2 Å². The summed E-state index contributed by atoms with van der Waals surface area (Å²) < 4.78 is 5.93. The highest BCUT2D eigenvalue weighted by molar-refractivity contribution is 5.94. The quantitative estimate of drug-likeness (QED) is 0.803. The molecule has 0 spiro atoms. The first kappa shape index (κ1) is 19.5. The molecule has 0 bridgehead atoms. The number of aryl methyl sites for hydroxylation is 1. The molecule has 2 aromatic carbocycles. The first-order valence-corrected chi connectivity index (χ1v) is 8.72. The zero-order chi connectivity index (χ0) is 19.3. The average Bonchev–Trinajstić information content (AvgIpc) is 2.55. The summed E-state index contributed by atoms with van der Waals surface area (Å²) in [5.41, 5.74) is 3.49. The summed E-state index contributed by atoms with van der Waals surface area (Å²) in [7, 11) is 0. The van der Waals surface area contributed by atoms with Gasteiger partial charge in [-0.15, -0.1) is 0 Å². The van der Waals surface area contributed by atoms with Crippen molar-refractivity contribution >= 4 is 23.2 Å². The van der Waals surface area contributed by atoms with Crippen LogP contribution in [0.5, 0.6) is 5.75 Å². The Balaban J connectivity index is 2.04. The predicted octanol–water partition coefficient (Wildman–Crippen LogP) is 4.48. The molecule has 2 rings (SSSR count). The van der Waals surface area contributed by atoms with Crippen molar-refractivity contribution < 1.29 is 14.3 Å². The molecule has 2 aromatic rings. The number of anilines is 2. The molecule has 2 N–H and O–H groups in total. The number of hydrogen-bond acceptors (Lipinski definition) is 3. The third-order valence-electron chi connectivity index (χ3n) is 3.94. The summed E-state index contributed by atoms with van der Waals surface area (Å²) >= 11 is 0. The number of benzene rings is 2. The third-order valence-corrected chi connectivity index (χ3v) is 3.94. The van der Waals surface area contributed by atoms with Gasteiger partial charge in [-0.05, 0) is 61.2 Å². The molecule has 5 nitrogen and oxygen atoms in total. The number of rotatable bonds is 6. The van der Waals surface area contributed by atoms with Gasteiger partial charge in [0.05, 0.1) is 0 Å². The molecule has 0 aliphatic rings. The van der Waals surface area contributed by atoms with Crippen LogP contribution in [0.15, 0.2) is 42.5 Å². The summed E-state index contributed by atoms with van der Waals surface area (Å²) in [5, 5.41) is 5.52. The summed E-state index contributed by atoms with van der Waals surface area (Å²) in [6.07, 6.45) is -0.635. The second-order valence-electron chi connectivity index (χ2n) is 6.70. The Labute approximate surface area is 154 Å². The van der Waals surface area contributed by atoms with Gasteiger partial charge in [0.25, 0.3) is 5.91 Å². The molecule has 5 heteroatoms. The van der Waals surface area contributed by atoms with E-state index < -0.39 is 6.10 Å². The molecule has 0 fully saturated rings. The van der Waals surface area contributed by atoms with E-state index in [1.807, 2.05) is 25.1 Å².